The molecule has 0 radical (unpaired) electrons. The number of aromatic nitrogens is 1. The summed E-state index contributed by atoms with van der Waals surface area (Å²) in [6.45, 7) is 1.70. The van der Waals surface area contributed by atoms with Crippen LogP contribution < -0.4 is 14.8 Å². The number of anilines is 1. The molecule has 1 aliphatic rings. The summed E-state index contributed by atoms with van der Waals surface area (Å²) in [5.41, 5.74) is 2.33. The summed E-state index contributed by atoms with van der Waals surface area (Å²) in [5.74, 6) is 0.317. The maximum Gasteiger partial charge on any atom is 0.311 e. The van der Waals surface area contributed by atoms with E-state index in [0.29, 0.717) is 17.2 Å². The molecule has 2 aromatic carbocycles. The van der Waals surface area contributed by atoms with Gasteiger partial charge in [-0.25, -0.2) is 0 Å². The van der Waals surface area contributed by atoms with E-state index in [1.165, 1.54) is 6.92 Å². The Labute approximate surface area is 155 Å². The van der Waals surface area contributed by atoms with E-state index in [1.54, 1.807) is 24.4 Å². The molecule has 4 rings (SSSR count). The zero-order valence-electron chi connectivity index (χ0n) is 14.7. The number of para-hydroxylation sites is 1. The summed E-state index contributed by atoms with van der Waals surface area (Å²) < 4.78 is 15.8. The van der Waals surface area contributed by atoms with Crippen molar-refractivity contribution in [3.63, 3.8) is 0 Å². The molecule has 1 amide bonds. The zero-order chi connectivity index (χ0) is 18.8. The molecule has 0 saturated heterocycles. The van der Waals surface area contributed by atoms with Crippen LogP contribution in [0, 0.1) is 0 Å². The van der Waals surface area contributed by atoms with E-state index in [0.717, 1.165) is 16.5 Å². The van der Waals surface area contributed by atoms with Gasteiger partial charge in [0.1, 0.15) is 0 Å². The molecule has 27 heavy (non-hydrogen) atoms. The lowest BCUT2D eigenvalue weighted by Crippen LogP contribution is -2.30. The normalized spacial score (nSPS) is 13.4. The van der Waals surface area contributed by atoms with Crippen LogP contribution in [-0.2, 0) is 20.7 Å². The number of rotatable bonds is 5. The van der Waals surface area contributed by atoms with E-state index >= 15 is 0 Å². The third-order valence-electron chi connectivity index (χ3n) is 4.33. The smallest absolute Gasteiger partial charge is 0.311 e. The minimum Gasteiger partial charge on any atom is -0.454 e. The quantitative estimate of drug-likeness (QED) is 0.678. The van der Waals surface area contributed by atoms with Gasteiger partial charge < -0.3 is 24.5 Å². The van der Waals surface area contributed by atoms with Crippen LogP contribution in [0.2, 0.25) is 0 Å². The van der Waals surface area contributed by atoms with Crippen LogP contribution in [-0.4, -0.2) is 29.8 Å². The summed E-state index contributed by atoms with van der Waals surface area (Å²) in [5, 5.41) is 3.67. The van der Waals surface area contributed by atoms with Crippen molar-refractivity contribution in [3.8, 4) is 11.5 Å². The first-order valence-electron chi connectivity index (χ1n) is 8.55. The Hall–Kier alpha value is -3.48. The van der Waals surface area contributed by atoms with Crippen molar-refractivity contribution in [3.05, 3.63) is 54.2 Å². The van der Waals surface area contributed by atoms with E-state index in [2.05, 4.69) is 10.3 Å². The average Bonchev–Trinajstić information content (AvgIpc) is 3.28. The Balaban J connectivity index is 1.36. The van der Waals surface area contributed by atoms with E-state index in [-0.39, 0.29) is 13.2 Å². The molecule has 2 N–H and O–H groups in total. The van der Waals surface area contributed by atoms with Gasteiger partial charge in [0.15, 0.2) is 17.6 Å². The van der Waals surface area contributed by atoms with E-state index in [9.17, 15) is 9.59 Å². The summed E-state index contributed by atoms with van der Waals surface area (Å²) in [7, 11) is 0. The number of amides is 1. The van der Waals surface area contributed by atoms with Crippen LogP contribution >= 0.6 is 0 Å². The standard InChI is InChI=1S/C20H18N2O5/c1-12(20(24)22-14-6-7-17-18(9-14)26-11-25-17)27-19(23)8-13-10-21-16-5-3-2-4-15(13)16/h2-7,9-10,12,21H,8,11H2,1H3,(H,22,24)/t12-/m0/s1. The number of carbonyl (C=O) groups is 2. The topological polar surface area (TPSA) is 89.7 Å². The summed E-state index contributed by atoms with van der Waals surface area (Å²) in [4.78, 5) is 27.6. The second kappa shape index (κ2) is 7.03. The lowest BCUT2D eigenvalue weighted by Gasteiger charge is -2.13. The molecular formula is C20H18N2O5. The maximum absolute atomic E-state index is 12.3. The minimum absolute atomic E-state index is 0.0889. The zero-order valence-corrected chi connectivity index (χ0v) is 14.7. The minimum atomic E-state index is -0.923. The van der Waals surface area contributed by atoms with Crippen molar-refractivity contribution in [1.82, 2.24) is 4.98 Å². The molecule has 1 aliphatic heterocycles. The number of nitrogens with one attached hydrogen (secondary N) is 2. The Morgan fingerprint density at radius 2 is 2.00 bits per heavy atom. The summed E-state index contributed by atoms with van der Waals surface area (Å²) >= 11 is 0. The van der Waals surface area contributed by atoms with Crippen LogP contribution in [0.4, 0.5) is 5.69 Å². The highest BCUT2D eigenvalue weighted by Gasteiger charge is 2.20. The highest BCUT2D eigenvalue weighted by Crippen LogP contribution is 2.34. The molecule has 0 fully saturated rings. The van der Waals surface area contributed by atoms with Crippen molar-refractivity contribution < 1.29 is 23.8 Å². The van der Waals surface area contributed by atoms with Gasteiger partial charge in [-0.05, 0) is 30.7 Å². The number of ether oxygens (including phenoxy) is 3. The molecule has 7 heteroatoms. The molecule has 0 bridgehead atoms. The van der Waals surface area contributed by atoms with Crippen LogP contribution in [0.3, 0.4) is 0 Å². The monoisotopic (exact) mass is 366 g/mol. The van der Waals surface area contributed by atoms with Gasteiger partial charge >= 0.3 is 5.97 Å². The summed E-state index contributed by atoms with van der Waals surface area (Å²) in [6, 6.07) is 12.8. The predicted molar refractivity (Wildman–Crippen MR) is 98.8 cm³/mol. The molecule has 7 nitrogen and oxygen atoms in total. The first kappa shape index (κ1) is 17.0. The lowest BCUT2D eigenvalue weighted by atomic mass is 10.1. The van der Waals surface area contributed by atoms with Gasteiger partial charge in [-0.1, -0.05) is 18.2 Å². The fourth-order valence-electron chi connectivity index (χ4n) is 2.94. The highest BCUT2D eigenvalue weighted by atomic mass is 16.7. The number of hydrogen-bond acceptors (Lipinski definition) is 5. The van der Waals surface area contributed by atoms with Gasteiger partial charge in [-0.3, -0.25) is 9.59 Å². The van der Waals surface area contributed by atoms with Crippen LogP contribution in [0.25, 0.3) is 10.9 Å². The molecular weight excluding hydrogens is 348 g/mol. The Morgan fingerprint density at radius 1 is 1.19 bits per heavy atom. The molecule has 0 unspecified atom stereocenters. The fraction of sp³-hybridized carbons (Fsp3) is 0.200. The number of benzene rings is 2. The molecule has 0 saturated carbocycles. The van der Waals surface area contributed by atoms with Gasteiger partial charge in [0.25, 0.3) is 5.91 Å². The lowest BCUT2D eigenvalue weighted by molar-refractivity contribution is -0.152. The van der Waals surface area contributed by atoms with Crippen LogP contribution in [0.5, 0.6) is 11.5 Å². The Bertz CT molecular complexity index is 1010. The number of aromatic amines is 1. The van der Waals surface area contributed by atoms with Crippen molar-refractivity contribution >= 4 is 28.5 Å². The van der Waals surface area contributed by atoms with Gasteiger partial charge in [-0.15, -0.1) is 0 Å². The van der Waals surface area contributed by atoms with Crippen LogP contribution in [0.15, 0.2) is 48.7 Å². The largest absolute Gasteiger partial charge is 0.454 e. The fourth-order valence-corrected chi connectivity index (χ4v) is 2.94. The molecule has 138 valence electrons. The van der Waals surface area contributed by atoms with E-state index in [1.807, 2.05) is 24.3 Å². The molecule has 0 spiro atoms. The second-order valence-corrected chi connectivity index (χ2v) is 6.23. The Morgan fingerprint density at radius 3 is 2.89 bits per heavy atom. The average molecular weight is 366 g/mol. The number of H-pyrrole nitrogens is 1. The molecule has 2 heterocycles. The third-order valence-corrected chi connectivity index (χ3v) is 4.33. The van der Waals surface area contributed by atoms with E-state index < -0.39 is 18.0 Å². The first-order valence-corrected chi connectivity index (χ1v) is 8.55. The Kier molecular flexibility index (Phi) is 4.42. The maximum atomic E-state index is 12.3. The van der Waals surface area contributed by atoms with Crippen molar-refractivity contribution in [2.45, 2.75) is 19.4 Å². The highest BCUT2D eigenvalue weighted by molar-refractivity contribution is 5.96. The molecule has 1 atom stereocenters. The number of hydrogen-bond donors (Lipinski definition) is 2. The van der Waals surface area contributed by atoms with Gasteiger partial charge in [0.2, 0.25) is 6.79 Å². The molecule has 3 aromatic rings. The van der Waals surface area contributed by atoms with Crippen molar-refractivity contribution in [2.75, 3.05) is 12.1 Å². The number of esters is 1. The molecule has 1 aromatic heterocycles. The summed E-state index contributed by atoms with van der Waals surface area (Å²) in [6.07, 6.45) is 0.947. The van der Waals surface area contributed by atoms with Crippen molar-refractivity contribution in [2.24, 2.45) is 0 Å². The predicted octanol–water partition coefficient (Wildman–Crippen LogP) is 3.01. The number of fused-ring (bicyclic) bond motifs is 2. The van der Waals surface area contributed by atoms with Crippen LogP contribution in [0.1, 0.15) is 12.5 Å². The number of carbonyl (C=O) groups excluding carboxylic acids is 2. The third kappa shape index (κ3) is 3.57. The first-order chi connectivity index (χ1) is 13.1. The van der Waals surface area contributed by atoms with E-state index in [4.69, 9.17) is 14.2 Å². The van der Waals surface area contributed by atoms with Gasteiger partial charge in [0, 0.05) is 28.9 Å². The second-order valence-electron chi connectivity index (χ2n) is 6.23. The SMILES string of the molecule is C[C@H](OC(=O)Cc1c[nH]c2ccccc12)C(=O)Nc1ccc2c(c1)OCO2. The van der Waals surface area contributed by atoms with Gasteiger partial charge in [0.05, 0.1) is 6.42 Å². The van der Waals surface area contributed by atoms with Gasteiger partial charge in [-0.2, -0.15) is 0 Å². The van der Waals surface area contributed by atoms with Crippen molar-refractivity contribution in [1.29, 1.82) is 0 Å². The molecule has 0 aliphatic carbocycles.